The fourth-order valence-corrected chi connectivity index (χ4v) is 1.06. The van der Waals surface area contributed by atoms with Crippen molar-refractivity contribution in [3.8, 4) is 6.19 Å². The molecule has 1 aromatic heterocycles. The van der Waals surface area contributed by atoms with Crippen molar-refractivity contribution in [2.24, 2.45) is 0 Å². The van der Waals surface area contributed by atoms with Gasteiger partial charge in [-0.05, 0) is 13.3 Å². The molecule has 0 unspecified atom stereocenters. The van der Waals surface area contributed by atoms with Gasteiger partial charge in [-0.1, -0.05) is 12.1 Å². The van der Waals surface area contributed by atoms with Crippen LogP contribution in [0.15, 0.2) is 4.52 Å². The summed E-state index contributed by atoms with van der Waals surface area (Å²) < 4.78 is 4.83. The highest BCUT2D eigenvalue weighted by Crippen LogP contribution is 2.13. The van der Waals surface area contributed by atoms with Gasteiger partial charge in [-0.15, -0.1) is 0 Å². The van der Waals surface area contributed by atoms with Crippen molar-refractivity contribution in [1.82, 2.24) is 10.5 Å². The minimum absolute atomic E-state index is 0.365. The summed E-state index contributed by atoms with van der Waals surface area (Å²) in [5, 5.41) is 14.0. The number of aromatic nitrogens is 1. The monoisotopic (exact) mass is 179 g/mol. The summed E-state index contributed by atoms with van der Waals surface area (Å²) in [5.74, 6) is -0.0253. The average molecular weight is 179 g/mol. The highest BCUT2D eigenvalue weighted by Gasteiger charge is 2.18. The van der Waals surface area contributed by atoms with Crippen LogP contribution in [0.2, 0.25) is 0 Å². The summed E-state index contributed by atoms with van der Waals surface area (Å²) in [6, 6.07) is 0. The molecule has 5 heteroatoms. The van der Waals surface area contributed by atoms with E-state index in [9.17, 15) is 4.79 Å². The number of hydrogen-bond acceptors (Lipinski definition) is 4. The molecular weight excluding hydrogens is 170 g/mol. The van der Waals surface area contributed by atoms with Crippen LogP contribution in [0.3, 0.4) is 0 Å². The number of nitrogens with one attached hydrogen (secondary N) is 1. The number of nitrogens with zero attached hydrogens (tertiary/aromatic N) is 2. The van der Waals surface area contributed by atoms with Crippen molar-refractivity contribution < 1.29 is 9.32 Å². The summed E-state index contributed by atoms with van der Waals surface area (Å²) in [6.07, 6.45) is 2.17. The Kier molecular flexibility index (Phi) is 2.65. The second-order valence-electron chi connectivity index (χ2n) is 2.48. The molecule has 0 fully saturated rings. The van der Waals surface area contributed by atoms with Gasteiger partial charge in [-0.3, -0.25) is 10.1 Å². The number of amides is 1. The predicted molar refractivity (Wildman–Crippen MR) is 43.7 cm³/mol. The lowest BCUT2D eigenvalue weighted by Crippen LogP contribution is -2.19. The molecule has 1 N–H and O–H groups in total. The molecule has 1 aromatic rings. The zero-order chi connectivity index (χ0) is 9.84. The highest BCUT2D eigenvalue weighted by atomic mass is 16.5. The van der Waals surface area contributed by atoms with Crippen LogP contribution in [0.5, 0.6) is 0 Å². The van der Waals surface area contributed by atoms with Crippen LogP contribution in [-0.4, -0.2) is 11.1 Å². The van der Waals surface area contributed by atoms with Crippen LogP contribution in [-0.2, 0) is 6.42 Å². The maximum atomic E-state index is 11.3. The molecule has 0 saturated heterocycles. The second-order valence-corrected chi connectivity index (χ2v) is 2.48. The number of hydrogen-bond donors (Lipinski definition) is 1. The Labute approximate surface area is 75.3 Å². The number of aryl methyl sites for hydroxylation is 2. The minimum Gasteiger partial charge on any atom is -0.361 e. The van der Waals surface area contributed by atoms with Crippen LogP contribution >= 0.6 is 0 Å². The third-order valence-corrected chi connectivity index (χ3v) is 1.66. The predicted octanol–water partition coefficient (Wildman–Crippen LogP) is 0.756. The van der Waals surface area contributed by atoms with Crippen LogP contribution < -0.4 is 5.32 Å². The minimum atomic E-state index is -0.460. The molecule has 5 nitrogen and oxygen atoms in total. The van der Waals surface area contributed by atoms with Crippen LogP contribution in [0.4, 0.5) is 0 Å². The molecule has 0 aliphatic carbocycles. The van der Waals surface area contributed by atoms with Gasteiger partial charge in [-0.25, -0.2) is 0 Å². The van der Waals surface area contributed by atoms with E-state index in [0.717, 1.165) is 0 Å². The molecule has 1 rings (SSSR count). The molecule has 0 saturated carbocycles. The smallest absolute Gasteiger partial charge is 0.269 e. The SMILES string of the molecule is CCc1noc(C)c1C(=O)NC#N. The Morgan fingerprint density at radius 2 is 2.46 bits per heavy atom. The molecule has 0 bridgehead atoms. The van der Waals surface area contributed by atoms with Crippen molar-refractivity contribution in [3.63, 3.8) is 0 Å². The molecule has 0 spiro atoms. The van der Waals surface area contributed by atoms with Gasteiger partial charge < -0.3 is 4.52 Å². The van der Waals surface area contributed by atoms with E-state index >= 15 is 0 Å². The lowest BCUT2D eigenvalue weighted by atomic mass is 10.1. The topological polar surface area (TPSA) is 78.9 Å². The highest BCUT2D eigenvalue weighted by molar-refractivity contribution is 5.96. The molecule has 1 heterocycles. The first-order valence-electron chi connectivity index (χ1n) is 3.85. The Hall–Kier alpha value is -1.83. The quantitative estimate of drug-likeness (QED) is 0.536. The maximum Gasteiger partial charge on any atom is 0.269 e. The average Bonchev–Trinajstić information content (AvgIpc) is 2.47. The Morgan fingerprint density at radius 1 is 1.77 bits per heavy atom. The fraction of sp³-hybridized carbons (Fsp3) is 0.375. The number of carbonyl (C=O) groups excluding carboxylic acids is 1. The lowest BCUT2D eigenvalue weighted by Gasteiger charge is -1.95. The Morgan fingerprint density at radius 3 is 3.00 bits per heavy atom. The number of rotatable bonds is 2. The standard InChI is InChI=1S/C8H9N3O2/c1-3-6-7(5(2)13-11-6)8(12)10-4-9/h3H2,1-2H3,(H,10,12). The van der Waals surface area contributed by atoms with Crippen molar-refractivity contribution in [3.05, 3.63) is 17.0 Å². The number of nitriles is 1. The van der Waals surface area contributed by atoms with E-state index in [1.54, 1.807) is 13.1 Å². The van der Waals surface area contributed by atoms with Gasteiger partial charge in [0.25, 0.3) is 5.91 Å². The summed E-state index contributed by atoms with van der Waals surface area (Å²) in [5.41, 5.74) is 0.939. The van der Waals surface area contributed by atoms with E-state index in [0.29, 0.717) is 23.4 Å². The summed E-state index contributed by atoms with van der Waals surface area (Å²) in [6.45, 7) is 3.50. The van der Waals surface area contributed by atoms with E-state index < -0.39 is 5.91 Å². The number of carbonyl (C=O) groups is 1. The largest absolute Gasteiger partial charge is 0.361 e. The fourth-order valence-electron chi connectivity index (χ4n) is 1.06. The lowest BCUT2D eigenvalue weighted by molar-refractivity contribution is 0.0970. The van der Waals surface area contributed by atoms with Crippen LogP contribution in [0, 0.1) is 18.4 Å². The molecule has 13 heavy (non-hydrogen) atoms. The Balaban J connectivity index is 3.05. The van der Waals surface area contributed by atoms with Gasteiger partial charge >= 0.3 is 0 Å². The van der Waals surface area contributed by atoms with E-state index in [1.807, 2.05) is 12.2 Å². The van der Waals surface area contributed by atoms with Crippen LogP contribution in [0.25, 0.3) is 0 Å². The van der Waals surface area contributed by atoms with Crippen molar-refractivity contribution >= 4 is 5.91 Å². The van der Waals surface area contributed by atoms with Crippen molar-refractivity contribution in [2.75, 3.05) is 0 Å². The second kappa shape index (κ2) is 3.72. The van der Waals surface area contributed by atoms with Gasteiger partial charge in [0.15, 0.2) is 6.19 Å². The van der Waals surface area contributed by atoms with Gasteiger partial charge in [0.05, 0.1) is 5.69 Å². The molecule has 0 aliphatic heterocycles. The van der Waals surface area contributed by atoms with Gasteiger partial charge in [0.2, 0.25) is 0 Å². The summed E-state index contributed by atoms with van der Waals surface area (Å²) in [7, 11) is 0. The van der Waals surface area contributed by atoms with Crippen molar-refractivity contribution in [2.45, 2.75) is 20.3 Å². The Bertz CT molecular complexity index is 362. The molecule has 68 valence electrons. The van der Waals surface area contributed by atoms with E-state index in [-0.39, 0.29) is 0 Å². The molecular formula is C8H9N3O2. The first-order valence-corrected chi connectivity index (χ1v) is 3.85. The molecule has 0 radical (unpaired) electrons. The van der Waals surface area contributed by atoms with E-state index in [4.69, 9.17) is 9.78 Å². The third kappa shape index (κ3) is 1.67. The maximum absolute atomic E-state index is 11.3. The normalized spacial score (nSPS) is 9.31. The summed E-state index contributed by atoms with van der Waals surface area (Å²) >= 11 is 0. The van der Waals surface area contributed by atoms with Gasteiger partial charge in [-0.2, -0.15) is 5.26 Å². The zero-order valence-corrected chi connectivity index (χ0v) is 7.42. The molecule has 1 amide bonds. The molecule has 0 aliphatic rings. The van der Waals surface area contributed by atoms with E-state index in [1.165, 1.54) is 0 Å². The molecule has 0 aromatic carbocycles. The van der Waals surface area contributed by atoms with Gasteiger partial charge in [0.1, 0.15) is 11.3 Å². The van der Waals surface area contributed by atoms with Gasteiger partial charge in [0, 0.05) is 0 Å². The first-order chi connectivity index (χ1) is 6.20. The zero-order valence-electron chi connectivity index (χ0n) is 7.42. The first kappa shape index (κ1) is 9.26. The van der Waals surface area contributed by atoms with E-state index in [2.05, 4.69) is 5.16 Å². The summed E-state index contributed by atoms with van der Waals surface area (Å²) in [4.78, 5) is 11.3. The van der Waals surface area contributed by atoms with Crippen molar-refractivity contribution in [1.29, 1.82) is 5.26 Å². The third-order valence-electron chi connectivity index (χ3n) is 1.66. The van der Waals surface area contributed by atoms with Crippen LogP contribution in [0.1, 0.15) is 28.7 Å². The molecule has 0 atom stereocenters.